The fourth-order valence-corrected chi connectivity index (χ4v) is 4.79. The Morgan fingerprint density at radius 3 is 1.84 bits per heavy atom. The van der Waals surface area contributed by atoms with Crippen molar-refractivity contribution in [1.82, 2.24) is 0 Å². The zero-order chi connectivity index (χ0) is 30.5. The Hall–Kier alpha value is -5.67. The van der Waals surface area contributed by atoms with E-state index in [1.54, 1.807) is 32.3 Å². The second-order valence-corrected chi connectivity index (χ2v) is 9.63. The summed E-state index contributed by atoms with van der Waals surface area (Å²) in [6.07, 6.45) is -1.23. The number of benzodiazepines with no additional fused rings is 2. The van der Waals surface area contributed by atoms with E-state index in [-0.39, 0.29) is 18.3 Å². The quantitative estimate of drug-likeness (QED) is 0.171. The van der Waals surface area contributed by atoms with Crippen molar-refractivity contribution in [3.63, 3.8) is 0 Å². The van der Waals surface area contributed by atoms with Crippen molar-refractivity contribution >= 4 is 34.6 Å². The van der Waals surface area contributed by atoms with E-state index in [4.69, 9.17) is 5.53 Å². The van der Waals surface area contributed by atoms with Crippen molar-refractivity contribution in [3.8, 4) is 0 Å². The molecule has 43 heavy (non-hydrogen) atoms. The summed E-state index contributed by atoms with van der Waals surface area (Å²) in [7, 11) is 3.23. The van der Waals surface area contributed by atoms with Crippen LogP contribution in [0.1, 0.15) is 22.3 Å². The molecule has 4 aromatic carbocycles. The summed E-state index contributed by atoms with van der Waals surface area (Å²) in [4.78, 5) is 38.6. The molecule has 2 amide bonds. The molecule has 0 saturated heterocycles. The zero-order valence-corrected chi connectivity index (χ0v) is 23.2. The number of nitrogens with zero attached hydrogens (tertiary/aromatic N) is 7. The SMILES string of the molecule is CN1C(=O)C(N=[N+]=[N-])N=C(c2ccccc2)c2cc(F)ccc21.CN1C(=O)CN=C(c2ccccc2)c2cc(F)ccc21. The van der Waals surface area contributed by atoms with Gasteiger partial charge in [-0.15, -0.1) is 0 Å². The van der Waals surface area contributed by atoms with Crippen molar-refractivity contribution < 1.29 is 18.4 Å². The van der Waals surface area contributed by atoms with Crippen LogP contribution in [0.5, 0.6) is 0 Å². The normalized spacial score (nSPS) is 15.9. The van der Waals surface area contributed by atoms with E-state index in [0.29, 0.717) is 39.5 Å². The summed E-state index contributed by atoms with van der Waals surface area (Å²) >= 11 is 0. The molecule has 9 nitrogen and oxygen atoms in total. The lowest BCUT2D eigenvalue weighted by Crippen LogP contribution is -2.33. The van der Waals surface area contributed by atoms with Crippen LogP contribution in [0.4, 0.5) is 20.2 Å². The second-order valence-electron chi connectivity index (χ2n) is 9.63. The van der Waals surface area contributed by atoms with E-state index < -0.39 is 17.9 Å². The van der Waals surface area contributed by atoms with Crippen LogP contribution in [0.2, 0.25) is 0 Å². The summed E-state index contributed by atoms with van der Waals surface area (Å²) in [6.45, 7) is 0.0665. The van der Waals surface area contributed by atoms with Crippen LogP contribution >= 0.6 is 0 Å². The van der Waals surface area contributed by atoms with Crippen molar-refractivity contribution in [3.05, 3.63) is 141 Å². The van der Waals surface area contributed by atoms with Gasteiger partial charge in [-0.3, -0.25) is 19.6 Å². The minimum absolute atomic E-state index is 0.0665. The minimum atomic E-state index is -1.23. The van der Waals surface area contributed by atoms with E-state index in [9.17, 15) is 18.4 Å². The van der Waals surface area contributed by atoms with Crippen LogP contribution in [0.3, 0.4) is 0 Å². The third kappa shape index (κ3) is 6.02. The molecule has 6 rings (SSSR count). The first-order valence-corrected chi connectivity index (χ1v) is 13.2. The summed E-state index contributed by atoms with van der Waals surface area (Å²) in [5.74, 6) is -1.35. The summed E-state index contributed by atoms with van der Waals surface area (Å²) < 4.78 is 27.3. The number of rotatable bonds is 3. The van der Waals surface area contributed by atoms with E-state index in [2.05, 4.69) is 20.0 Å². The van der Waals surface area contributed by atoms with Gasteiger partial charge in [0.25, 0.3) is 5.91 Å². The second kappa shape index (κ2) is 12.5. The lowest BCUT2D eigenvalue weighted by Gasteiger charge is -2.18. The number of benzene rings is 4. The fraction of sp³-hybridized carbons (Fsp3) is 0.125. The number of anilines is 2. The van der Waals surface area contributed by atoms with Crippen LogP contribution in [-0.2, 0) is 9.59 Å². The van der Waals surface area contributed by atoms with Crippen LogP contribution in [0.15, 0.2) is 112 Å². The Labute approximate surface area is 246 Å². The third-order valence-electron chi connectivity index (χ3n) is 6.95. The first-order valence-electron chi connectivity index (χ1n) is 13.2. The molecule has 0 saturated carbocycles. The highest BCUT2D eigenvalue weighted by molar-refractivity contribution is 6.20. The van der Waals surface area contributed by atoms with E-state index in [1.165, 1.54) is 40.1 Å². The Kier molecular flexibility index (Phi) is 8.36. The number of carbonyl (C=O) groups is 2. The molecule has 0 aromatic heterocycles. The standard InChI is InChI=1S/C16H12FN5O.C16H13FN2O/c1-22-13-8-7-11(17)9-12(13)14(10-5-3-2-4-6-10)19-15(16(22)23)20-21-18;1-19-14-8-7-12(17)9-13(14)16(18-10-15(19)20)11-5-3-2-4-6-11/h2-9,15H,1H3;2-9H,10H2,1H3. The fourth-order valence-electron chi connectivity index (χ4n) is 4.79. The minimum Gasteiger partial charge on any atom is -0.313 e. The van der Waals surface area contributed by atoms with Gasteiger partial charge in [0.2, 0.25) is 12.1 Å². The Morgan fingerprint density at radius 1 is 0.767 bits per heavy atom. The summed E-state index contributed by atoms with van der Waals surface area (Å²) in [6, 6.07) is 27.1. The maximum atomic E-state index is 13.7. The van der Waals surface area contributed by atoms with Crippen molar-refractivity contribution in [2.75, 3.05) is 30.4 Å². The highest BCUT2D eigenvalue weighted by Gasteiger charge is 2.29. The smallest absolute Gasteiger partial charge is 0.257 e. The monoisotopic (exact) mass is 577 g/mol. The van der Waals surface area contributed by atoms with Gasteiger partial charge in [0, 0.05) is 41.3 Å². The Balaban J connectivity index is 0.000000173. The number of halogens is 2. The highest BCUT2D eigenvalue weighted by atomic mass is 19.1. The van der Waals surface area contributed by atoms with Gasteiger partial charge in [0.1, 0.15) is 18.2 Å². The molecule has 1 unspecified atom stereocenters. The lowest BCUT2D eigenvalue weighted by molar-refractivity contribution is -0.119. The van der Waals surface area contributed by atoms with Gasteiger partial charge < -0.3 is 9.80 Å². The molecular weight excluding hydrogens is 552 g/mol. The Morgan fingerprint density at radius 2 is 1.28 bits per heavy atom. The number of hydrogen-bond acceptors (Lipinski definition) is 5. The number of hydrogen-bond donors (Lipinski definition) is 0. The van der Waals surface area contributed by atoms with Gasteiger partial charge in [0.05, 0.1) is 22.8 Å². The molecule has 0 bridgehead atoms. The highest BCUT2D eigenvalue weighted by Crippen LogP contribution is 2.29. The summed E-state index contributed by atoms with van der Waals surface area (Å²) in [5.41, 5.74) is 13.6. The van der Waals surface area contributed by atoms with Crippen LogP contribution in [0, 0.1) is 11.6 Å². The van der Waals surface area contributed by atoms with Crippen molar-refractivity contribution in [2.24, 2.45) is 15.1 Å². The lowest BCUT2D eigenvalue weighted by atomic mass is 10.00. The third-order valence-corrected chi connectivity index (χ3v) is 6.95. The number of aliphatic imine (C=N–C) groups is 2. The van der Waals surface area contributed by atoms with Crippen LogP contribution in [-0.4, -0.2) is 50.0 Å². The Bertz CT molecular complexity index is 1800. The van der Waals surface area contributed by atoms with Gasteiger partial charge in [-0.05, 0) is 41.9 Å². The predicted molar refractivity (Wildman–Crippen MR) is 162 cm³/mol. The number of likely N-dealkylation sites (N-methyl/N-ethyl adjacent to an activating group) is 2. The number of carbonyl (C=O) groups excluding carboxylic acids is 2. The molecule has 2 heterocycles. The first-order chi connectivity index (χ1) is 20.8. The molecule has 2 aliphatic heterocycles. The maximum absolute atomic E-state index is 13.7. The maximum Gasteiger partial charge on any atom is 0.257 e. The van der Waals surface area contributed by atoms with E-state index in [0.717, 1.165) is 5.56 Å². The molecule has 0 spiro atoms. The van der Waals surface area contributed by atoms with Gasteiger partial charge in [-0.25, -0.2) is 8.78 Å². The van der Waals surface area contributed by atoms with E-state index >= 15 is 0 Å². The average Bonchev–Trinajstić information content (AvgIpc) is 3.21. The van der Waals surface area contributed by atoms with Gasteiger partial charge in [-0.1, -0.05) is 65.8 Å². The predicted octanol–water partition coefficient (Wildman–Crippen LogP) is 5.92. The largest absolute Gasteiger partial charge is 0.313 e. The molecule has 214 valence electrons. The summed E-state index contributed by atoms with van der Waals surface area (Å²) in [5, 5.41) is 3.46. The molecule has 0 aliphatic carbocycles. The van der Waals surface area contributed by atoms with Gasteiger partial charge >= 0.3 is 0 Å². The number of azide groups is 1. The molecular formula is C32H25F2N7O2. The molecule has 2 aliphatic rings. The molecule has 1 atom stereocenters. The first kappa shape index (κ1) is 28.8. The molecule has 0 N–H and O–H groups in total. The zero-order valence-electron chi connectivity index (χ0n) is 23.2. The molecule has 0 radical (unpaired) electrons. The number of fused-ring (bicyclic) bond motifs is 2. The van der Waals surface area contributed by atoms with Crippen LogP contribution in [0.25, 0.3) is 10.4 Å². The number of amides is 2. The average molecular weight is 578 g/mol. The molecule has 4 aromatic rings. The van der Waals surface area contributed by atoms with Gasteiger partial charge in [-0.2, -0.15) is 0 Å². The molecule has 0 fully saturated rings. The molecule has 11 heteroatoms. The van der Waals surface area contributed by atoms with Crippen molar-refractivity contribution in [1.29, 1.82) is 0 Å². The van der Waals surface area contributed by atoms with Crippen molar-refractivity contribution in [2.45, 2.75) is 6.17 Å². The van der Waals surface area contributed by atoms with Gasteiger partial charge in [0.15, 0.2) is 0 Å². The topological polar surface area (TPSA) is 114 Å². The van der Waals surface area contributed by atoms with E-state index in [1.807, 2.05) is 48.5 Å². The van der Waals surface area contributed by atoms with Crippen LogP contribution < -0.4 is 9.80 Å².